The second-order valence-electron chi connectivity index (χ2n) is 7.19. The zero-order valence-corrected chi connectivity index (χ0v) is 19.6. The van der Waals surface area contributed by atoms with Gasteiger partial charge in [0.05, 0.1) is 16.9 Å². The molecule has 164 valence electrons. The standard InChI is InChI=1S/C23H27BrN4O3/c1-4-27-21(26-20-9-6-5-8-19(20)22(27)29)16(2)28(14-7-15-31-3)23(30)25-18-12-10-17(24)11-13-18/h5-6,8-13,16H,4,7,14-15H2,1-3H3,(H,25,30). The van der Waals surface area contributed by atoms with Gasteiger partial charge in [-0.1, -0.05) is 28.1 Å². The molecule has 0 aliphatic heterocycles. The predicted molar refractivity (Wildman–Crippen MR) is 126 cm³/mol. The fraction of sp³-hybridized carbons (Fsp3) is 0.348. The highest BCUT2D eigenvalue weighted by atomic mass is 79.9. The molecule has 1 aromatic heterocycles. The van der Waals surface area contributed by atoms with Crippen LogP contribution < -0.4 is 10.9 Å². The maximum absolute atomic E-state index is 13.2. The number of anilines is 1. The Balaban J connectivity index is 1.97. The number of methoxy groups -OCH3 is 1. The second-order valence-corrected chi connectivity index (χ2v) is 8.11. The van der Waals surface area contributed by atoms with Crippen LogP contribution in [0.3, 0.4) is 0 Å². The number of hydrogen-bond donors (Lipinski definition) is 1. The third-order valence-electron chi connectivity index (χ3n) is 5.15. The molecule has 2 aromatic carbocycles. The molecule has 7 nitrogen and oxygen atoms in total. The zero-order chi connectivity index (χ0) is 22.4. The largest absolute Gasteiger partial charge is 0.385 e. The highest BCUT2D eigenvalue weighted by Gasteiger charge is 2.26. The van der Waals surface area contributed by atoms with E-state index in [0.717, 1.165) is 4.47 Å². The van der Waals surface area contributed by atoms with Gasteiger partial charge in [0.2, 0.25) is 0 Å². The molecule has 0 aliphatic rings. The normalized spacial score (nSPS) is 12.0. The Labute approximate surface area is 190 Å². The van der Waals surface area contributed by atoms with Crippen molar-refractivity contribution in [3.8, 4) is 0 Å². The van der Waals surface area contributed by atoms with Gasteiger partial charge >= 0.3 is 6.03 Å². The number of rotatable bonds is 8. The topological polar surface area (TPSA) is 76.5 Å². The van der Waals surface area contributed by atoms with Gasteiger partial charge in [-0.15, -0.1) is 0 Å². The monoisotopic (exact) mass is 486 g/mol. The smallest absolute Gasteiger partial charge is 0.322 e. The van der Waals surface area contributed by atoms with Crippen molar-refractivity contribution in [2.45, 2.75) is 32.9 Å². The predicted octanol–water partition coefficient (Wildman–Crippen LogP) is 4.81. The molecule has 1 unspecified atom stereocenters. The van der Waals surface area contributed by atoms with Crippen molar-refractivity contribution >= 4 is 38.6 Å². The zero-order valence-electron chi connectivity index (χ0n) is 18.0. The Morgan fingerprint density at radius 2 is 1.94 bits per heavy atom. The number of nitrogens with zero attached hydrogens (tertiary/aromatic N) is 3. The molecule has 3 aromatic rings. The molecule has 1 N–H and O–H groups in total. The Hall–Kier alpha value is -2.71. The number of amides is 2. The van der Waals surface area contributed by atoms with E-state index in [1.165, 1.54) is 0 Å². The van der Waals surface area contributed by atoms with Crippen molar-refractivity contribution < 1.29 is 9.53 Å². The number of hydrogen-bond acceptors (Lipinski definition) is 4. The maximum atomic E-state index is 13.2. The summed E-state index contributed by atoms with van der Waals surface area (Å²) >= 11 is 3.40. The van der Waals surface area contributed by atoms with Crippen LogP contribution in [-0.4, -0.2) is 40.7 Å². The molecule has 0 saturated heterocycles. The summed E-state index contributed by atoms with van der Waals surface area (Å²) in [6.07, 6.45) is 0.665. The lowest BCUT2D eigenvalue weighted by Crippen LogP contribution is -2.41. The molecule has 0 spiro atoms. The van der Waals surface area contributed by atoms with E-state index in [2.05, 4.69) is 21.2 Å². The van der Waals surface area contributed by atoms with Crippen LogP contribution in [0.15, 0.2) is 57.8 Å². The molecule has 0 bridgehead atoms. The summed E-state index contributed by atoms with van der Waals surface area (Å²) in [6, 6.07) is 14.0. The minimum Gasteiger partial charge on any atom is -0.385 e. The lowest BCUT2D eigenvalue weighted by Gasteiger charge is -2.30. The van der Waals surface area contributed by atoms with E-state index in [1.807, 2.05) is 56.3 Å². The lowest BCUT2D eigenvalue weighted by atomic mass is 10.2. The average molecular weight is 487 g/mol. The minimum atomic E-state index is -0.412. The van der Waals surface area contributed by atoms with Gasteiger partial charge in [0.25, 0.3) is 5.56 Å². The third kappa shape index (κ3) is 5.32. The first-order valence-electron chi connectivity index (χ1n) is 10.3. The van der Waals surface area contributed by atoms with Gasteiger partial charge < -0.3 is 15.0 Å². The number of carbonyl (C=O) groups excluding carboxylic acids is 1. The number of para-hydroxylation sites is 1. The van der Waals surface area contributed by atoms with Crippen LogP contribution in [-0.2, 0) is 11.3 Å². The summed E-state index contributed by atoms with van der Waals surface area (Å²) in [4.78, 5) is 32.7. The summed E-state index contributed by atoms with van der Waals surface area (Å²) in [5.74, 6) is 0.564. The van der Waals surface area contributed by atoms with E-state index in [4.69, 9.17) is 9.72 Å². The average Bonchev–Trinajstić information content (AvgIpc) is 2.78. The summed E-state index contributed by atoms with van der Waals surface area (Å²) in [6.45, 7) is 5.27. The van der Waals surface area contributed by atoms with Crippen molar-refractivity contribution in [3.05, 3.63) is 69.2 Å². The van der Waals surface area contributed by atoms with Crippen molar-refractivity contribution in [1.82, 2.24) is 14.5 Å². The summed E-state index contributed by atoms with van der Waals surface area (Å²) in [5.41, 5.74) is 1.22. The van der Waals surface area contributed by atoms with Gasteiger partial charge in [0.15, 0.2) is 0 Å². The molecular weight excluding hydrogens is 460 g/mol. The van der Waals surface area contributed by atoms with Crippen LogP contribution in [0, 0.1) is 0 Å². The molecule has 0 aliphatic carbocycles. The molecule has 0 radical (unpaired) electrons. The first-order valence-corrected chi connectivity index (χ1v) is 11.1. The van der Waals surface area contributed by atoms with E-state index in [0.29, 0.717) is 48.5 Å². The van der Waals surface area contributed by atoms with Gasteiger partial charge in [-0.25, -0.2) is 9.78 Å². The molecule has 2 amide bonds. The first kappa shape index (κ1) is 23.0. The third-order valence-corrected chi connectivity index (χ3v) is 5.68. The molecule has 1 atom stereocenters. The first-order chi connectivity index (χ1) is 15.0. The van der Waals surface area contributed by atoms with Crippen LogP contribution in [0.5, 0.6) is 0 Å². The molecule has 1 heterocycles. The number of nitrogens with one attached hydrogen (secondary N) is 1. The van der Waals surface area contributed by atoms with Gasteiger partial charge in [0, 0.05) is 37.0 Å². The van der Waals surface area contributed by atoms with E-state index in [9.17, 15) is 9.59 Å². The fourth-order valence-electron chi connectivity index (χ4n) is 3.53. The number of carbonyl (C=O) groups is 1. The number of aromatic nitrogens is 2. The van der Waals surface area contributed by atoms with Gasteiger partial charge in [-0.05, 0) is 56.7 Å². The Morgan fingerprint density at radius 1 is 1.23 bits per heavy atom. The quantitative estimate of drug-likeness (QED) is 0.463. The fourth-order valence-corrected chi connectivity index (χ4v) is 3.79. The van der Waals surface area contributed by atoms with Crippen LogP contribution in [0.4, 0.5) is 10.5 Å². The van der Waals surface area contributed by atoms with E-state index < -0.39 is 6.04 Å². The molecular formula is C23H27BrN4O3. The molecule has 31 heavy (non-hydrogen) atoms. The molecule has 3 rings (SSSR count). The SMILES string of the molecule is CCn1c(C(C)N(CCCOC)C(=O)Nc2ccc(Br)cc2)nc2ccccc2c1=O. The Bertz CT molecular complexity index is 1100. The summed E-state index contributed by atoms with van der Waals surface area (Å²) < 4.78 is 7.75. The number of halogens is 1. The van der Waals surface area contributed by atoms with Crippen LogP contribution in [0.2, 0.25) is 0 Å². The molecule has 8 heteroatoms. The number of urea groups is 1. The minimum absolute atomic E-state index is 0.0971. The highest BCUT2D eigenvalue weighted by molar-refractivity contribution is 9.10. The Kier molecular flexibility index (Phi) is 7.81. The van der Waals surface area contributed by atoms with E-state index >= 15 is 0 Å². The van der Waals surface area contributed by atoms with Crippen LogP contribution >= 0.6 is 15.9 Å². The maximum Gasteiger partial charge on any atom is 0.322 e. The number of ether oxygens (including phenoxy) is 1. The summed E-state index contributed by atoms with van der Waals surface area (Å²) in [7, 11) is 1.63. The highest BCUT2D eigenvalue weighted by Crippen LogP contribution is 2.22. The van der Waals surface area contributed by atoms with E-state index in [-0.39, 0.29) is 11.6 Å². The van der Waals surface area contributed by atoms with Gasteiger partial charge in [-0.3, -0.25) is 9.36 Å². The van der Waals surface area contributed by atoms with Crippen molar-refractivity contribution in [2.75, 3.05) is 25.6 Å². The van der Waals surface area contributed by atoms with Crippen molar-refractivity contribution in [3.63, 3.8) is 0 Å². The van der Waals surface area contributed by atoms with Crippen LogP contribution in [0.1, 0.15) is 32.1 Å². The van der Waals surface area contributed by atoms with Crippen LogP contribution in [0.25, 0.3) is 10.9 Å². The molecule has 0 saturated carbocycles. The number of fused-ring (bicyclic) bond motifs is 1. The lowest BCUT2D eigenvalue weighted by molar-refractivity contribution is 0.158. The van der Waals surface area contributed by atoms with Crippen molar-refractivity contribution in [2.24, 2.45) is 0 Å². The Morgan fingerprint density at radius 3 is 2.61 bits per heavy atom. The van der Waals surface area contributed by atoms with Crippen molar-refractivity contribution in [1.29, 1.82) is 0 Å². The van der Waals surface area contributed by atoms with Gasteiger partial charge in [0.1, 0.15) is 5.82 Å². The van der Waals surface area contributed by atoms with E-state index in [1.54, 1.807) is 22.6 Å². The second kappa shape index (κ2) is 10.5. The summed E-state index contributed by atoms with van der Waals surface area (Å²) in [5, 5.41) is 3.52. The number of benzene rings is 2. The van der Waals surface area contributed by atoms with Gasteiger partial charge in [-0.2, -0.15) is 0 Å². The molecule has 0 fully saturated rings.